The summed E-state index contributed by atoms with van der Waals surface area (Å²) >= 11 is 6.12. The number of ether oxygens (including phenoxy) is 2. The molecule has 1 aromatic heterocycles. The van der Waals surface area contributed by atoms with Gasteiger partial charge in [0.2, 0.25) is 6.79 Å². The maximum atomic E-state index is 10.4. The molecular formula is C14H15ClN2O3. The summed E-state index contributed by atoms with van der Waals surface area (Å²) < 4.78 is 12.6. The van der Waals surface area contributed by atoms with Crippen molar-refractivity contribution < 1.29 is 14.6 Å². The van der Waals surface area contributed by atoms with Gasteiger partial charge in [0.1, 0.15) is 5.82 Å². The van der Waals surface area contributed by atoms with Gasteiger partial charge in [-0.25, -0.2) is 4.98 Å². The molecule has 106 valence electrons. The van der Waals surface area contributed by atoms with Gasteiger partial charge in [0.25, 0.3) is 0 Å². The average molecular weight is 295 g/mol. The molecule has 1 atom stereocenters. The van der Waals surface area contributed by atoms with Crippen LogP contribution in [0, 0.1) is 0 Å². The van der Waals surface area contributed by atoms with Crippen molar-refractivity contribution in [2.45, 2.75) is 26.0 Å². The van der Waals surface area contributed by atoms with E-state index in [2.05, 4.69) is 4.98 Å². The molecule has 1 aromatic carbocycles. The first-order valence-corrected chi connectivity index (χ1v) is 6.84. The number of rotatable bonds is 4. The molecule has 0 saturated carbocycles. The van der Waals surface area contributed by atoms with E-state index in [1.807, 2.05) is 17.7 Å². The lowest BCUT2D eigenvalue weighted by Crippen LogP contribution is -2.08. The molecule has 0 radical (unpaired) electrons. The highest BCUT2D eigenvalue weighted by atomic mass is 35.5. The van der Waals surface area contributed by atoms with E-state index in [-0.39, 0.29) is 6.79 Å². The Morgan fingerprint density at radius 1 is 1.45 bits per heavy atom. The summed E-state index contributed by atoms with van der Waals surface area (Å²) in [6.45, 7) is 3.02. The fraction of sp³-hybridized carbons (Fsp3) is 0.357. The number of hydrogen-bond donors (Lipinski definition) is 1. The lowest BCUT2D eigenvalue weighted by Gasteiger charge is -2.13. The minimum Gasteiger partial charge on any atom is -0.454 e. The zero-order valence-electron chi connectivity index (χ0n) is 11.0. The van der Waals surface area contributed by atoms with E-state index >= 15 is 0 Å². The van der Waals surface area contributed by atoms with Crippen molar-refractivity contribution in [1.82, 2.24) is 9.55 Å². The number of hydrogen-bond acceptors (Lipinski definition) is 4. The number of fused-ring (bicyclic) bond motifs is 1. The van der Waals surface area contributed by atoms with E-state index in [4.69, 9.17) is 21.1 Å². The third-order valence-electron chi connectivity index (χ3n) is 3.35. The largest absolute Gasteiger partial charge is 0.454 e. The fourth-order valence-electron chi connectivity index (χ4n) is 2.29. The van der Waals surface area contributed by atoms with Crippen molar-refractivity contribution in [3.05, 3.63) is 40.9 Å². The normalized spacial score (nSPS) is 14.6. The Kier molecular flexibility index (Phi) is 3.54. The van der Waals surface area contributed by atoms with Gasteiger partial charge in [-0.15, -0.1) is 0 Å². The number of benzene rings is 1. The molecule has 2 heterocycles. The Bertz CT molecular complexity index is 627. The molecule has 2 aromatic rings. The van der Waals surface area contributed by atoms with Crippen LogP contribution in [0.4, 0.5) is 0 Å². The highest BCUT2D eigenvalue weighted by molar-refractivity contribution is 6.32. The molecule has 1 aliphatic rings. The van der Waals surface area contributed by atoms with Gasteiger partial charge >= 0.3 is 0 Å². The summed E-state index contributed by atoms with van der Waals surface area (Å²) in [5.74, 6) is 1.96. The molecule has 6 heteroatoms. The number of halogens is 1. The van der Waals surface area contributed by atoms with Gasteiger partial charge in [0.15, 0.2) is 11.5 Å². The standard InChI is InChI=1S/C14H15ClN2O3/c1-2-17-4-3-16-13(17)7-11(18)9-5-10(15)14-12(6-9)19-8-20-14/h3-6,11,18H,2,7-8H2,1H3. The molecule has 1 unspecified atom stereocenters. The summed E-state index contributed by atoms with van der Waals surface area (Å²) in [5.41, 5.74) is 0.699. The highest BCUT2D eigenvalue weighted by Crippen LogP contribution is 2.41. The van der Waals surface area contributed by atoms with Gasteiger partial charge in [-0.1, -0.05) is 11.6 Å². The zero-order chi connectivity index (χ0) is 14.1. The smallest absolute Gasteiger partial charge is 0.231 e. The number of aryl methyl sites for hydroxylation is 1. The summed E-state index contributed by atoms with van der Waals surface area (Å²) in [6, 6.07) is 3.47. The maximum Gasteiger partial charge on any atom is 0.231 e. The maximum absolute atomic E-state index is 10.4. The van der Waals surface area contributed by atoms with E-state index in [0.29, 0.717) is 28.5 Å². The summed E-state index contributed by atoms with van der Waals surface area (Å²) in [7, 11) is 0. The van der Waals surface area contributed by atoms with Crippen LogP contribution in [0.2, 0.25) is 5.02 Å². The zero-order valence-corrected chi connectivity index (χ0v) is 11.8. The van der Waals surface area contributed by atoms with E-state index < -0.39 is 6.10 Å². The van der Waals surface area contributed by atoms with E-state index in [0.717, 1.165) is 12.4 Å². The Labute approximate surface area is 121 Å². The van der Waals surface area contributed by atoms with Gasteiger partial charge in [-0.2, -0.15) is 0 Å². The molecule has 0 aliphatic carbocycles. The lowest BCUT2D eigenvalue weighted by molar-refractivity contribution is 0.170. The molecule has 0 spiro atoms. The average Bonchev–Trinajstić information content (AvgIpc) is 3.06. The predicted molar refractivity (Wildman–Crippen MR) is 74.1 cm³/mol. The first-order chi connectivity index (χ1) is 9.69. The second-order valence-corrected chi connectivity index (χ2v) is 4.99. The van der Waals surface area contributed by atoms with Crippen LogP contribution in [0.25, 0.3) is 0 Å². The molecule has 1 N–H and O–H groups in total. The third-order valence-corrected chi connectivity index (χ3v) is 3.63. The van der Waals surface area contributed by atoms with Crippen LogP contribution in [-0.2, 0) is 13.0 Å². The van der Waals surface area contributed by atoms with Crippen LogP contribution in [0.3, 0.4) is 0 Å². The monoisotopic (exact) mass is 294 g/mol. The molecule has 20 heavy (non-hydrogen) atoms. The van der Waals surface area contributed by atoms with Crippen molar-refractivity contribution >= 4 is 11.6 Å². The quantitative estimate of drug-likeness (QED) is 0.941. The van der Waals surface area contributed by atoms with E-state index in [1.165, 1.54) is 0 Å². The molecule has 1 aliphatic heterocycles. The number of aliphatic hydroxyl groups excluding tert-OH is 1. The van der Waals surface area contributed by atoms with Gasteiger partial charge in [0, 0.05) is 25.4 Å². The second-order valence-electron chi connectivity index (χ2n) is 4.59. The fourth-order valence-corrected chi connectivity index (χ4v) is 2.56. The summed E-state index contributed by atoms with van der Waals surface area (Å²) in [4.78, 5) is 4.26. The number of nitrogens with zero attached hydrogens (tertiary/aromatic N) is 2. The van der Waals surface area contributed by atoms with Crippen LogP contribution in [0.15, 0.2) is 24.5 Å². The minimum absolute atomic E-state index is 0.162. The van der Waals surface area contributed by atoms with Gasteiger partial charge in [-0.05, 0) is 24.6 Å². The molecule has 0 fully saturated rings. The molecule has 5 nitrogen and oxygen atoms in total. The van der Waals surface area contributed by atoms with Crippen molar-refractivity contribution in [2.75, 3.05) is 6.79 Å². The molecule has 0 bridgehead atoms. The van der Waals surface area contributed by atoms with Gasteiger partial charge in [-0.3, -0.25) is 0 Å². The van der Waals surface area contributed by atoms with Crippen LogP contribution >= 0.6 is 11.6 Å². The number of aromatic nitrogens is 2. The van der Waals surface area contributed by atoms with Crippen molar-refractivity contribution in [2.24, 2.45) is 0 Å². The number of aliphatic hydroxyl groups is 1. The van der Waals surface area contributed by atoms with E-state index in [9.17, 15) is 5.11 Å². The Hall–Kier alpha value is -1.72. The van der Waals surface area contributed by atoms with Crippen LogP contribution in [0.1, 0.15) is 24.4 Å². The first kappa shape index (κ1) is 13.3. The summed E-state index contributed by atoms with van der Waals surface area (Å²) in [6.07, 6.45) is 3.37. The minimum atomic E-state index is -0.685. The van der Waals surface area contributed by atoms with Crippen molar-refractivity contribution in [1.29, 1.82) is 0 Å². The van der Waals surface area contributed by atoms with E-state index in [1.54, 1.807) is 18.3 Å². The van der Waals surface area contributed by atoms with Gasteiger partial charge in [0.05, 0.1) is 11.1 Å². The SMILES string of the molecule is CCn1ccnc1CC(O)c1cc(Cl)c2c(c1)OCO2. The summed E-state index contributed by atoms with van der Waals surface area (Å²) in [5, 5.41) is 10.8. The Morgan fingerprint density at radius 3 is 3.10 bits per heavy atom. The molecular weight excluding hydrogens is 280 g/mol. The highest BCUT2D eigenvalue weighted by Gasteiger charge is 2.21. The van der Waals surface area contributed by atoms with Crippen molar-refractivity contribution in [3.63, 3.8) is 0 Å². The van der Waals surface area contributed by atoms with Crippen LogP contribution in [0.5, 0.6) is 11.5 Å². The topological polar surface area (TPSA) is 56.5 Å². The molecule has 0 amide bonds. The lowest BCUT2D eigenvalue weighted by atomic mass is 10.1. The van der Waals surface area contributed by atoms with Gasteiger partial charge < -0.3 is 19.1 Å². The van der Waals surface area contributed by atoms with Crippen molar-refractivity contribution in [3.8, 4) is 11.5 Å². The number of imidazole rings is 1. The van der Waals surface area contributed by atoms with Crippen LogP contribution in [-0.4, -0.2) is 21.5 Å². The molecule has 0 saturated heterocycles. The second kappa shape index (κ2) is 5.34. The Balaban J connectivity index is 1.84. The third kappa shape index (κ3) is 2.34. The van der Waals surface area contributed by atoms with Crippen LogP contribution < -0.4 is 9.47 Å². The Morgan fingerprint density at radius 2 is 2.30 bits per heavy atom. The molecule has 3 rings (SSSR count). The predicted octanol–water partition coefficient (Wildman–Crippen LogP) is 2.56. The first-order valence-electron chi connectivity index (χ1n) is 6.46.